The highest BCUT2D eigenvalue weighted by Crippen LogP contribution is 2.27. The number of benzene rings is 1. The van der Waals surface area contributed by atoms with Crippen LogP contribution in [0.5, 0.6) is 0 Å². The largest absolute Gasteiger partial charge is 0.377 e. The molecule has 0 atom stereocenters. The molecule has 2 N–H and O–H groups in total. The van der Waals surface area contributed by atoms with Crippen molar-refractivity contribution in [1.82, 2.24) is 5.32 Å². The van der Waals surface area contributed by atoms with Crippen molar-refractivity contribution in [3.63, 3.8) is 0 Å². The van der Waals surface area contributed by atoms with Gasteiger partial charge in [-0.15, -0.1) is 0 Å². The van der Waals surface area contributed by atoms with Crippen LogP contribution < -0.4 is 10.6 Å². The van der Waals surface area contributed by atoms with Crippen LogP contribution >= 0.6 is 0 Å². The number of hydrogen-bond acceptors (Lipinski definition) is 4. The predicted molar refractivity (Wildman–Crippen MR) is 71.8 cm³/mol. The van der Waals surface area contributed by atoms with Crippen molar-refractivity contribution in [1.29, 1.82) is 0 Å². The zero-order chi connectivity index (χ0) is 13.0. The zero-order valence-corrected chi connectivity index (χ0v) is 10.6. The maximum absolute atomic E-state index is 10.9. The monoisotopic (exact) mass is 249 g/mol. The van der Waals surface area contributed by atoms with Crippen LogP contribution in [0.15, 0.2) is 24.3 Å². The highest BCUT2D eigenvalue weighted by molar-refractivity contribution is 5.61. The minimum atomic E-state index is -0.332. The highest BCUT2D eigenvalue weighted by Gasteiger charge is 2.22. The van der Waals surface area contributed by atoms with E-state index in [2.05, 4.69) is 10.6 Å². The number of nitro benzene ring substituents is 1. The van der Waals surface area contributed by atoms with Crippen molar-refractivity contribution in [3.05, 3.63) is 34.4 Å². The summed E-state index contributed by atoms with van der Waals surface area (Å²) in [5, 5.41) is 17.5. The Morgan fingerprint density at radius 3 is 2.39 bits per heavy atom. The Labute approximate surface area is 107 Å². The van der Waals surface area contributed by atoms with Gasteiger partial charge in [0.05, 0.1) is 4.92 Å². The van der Waals surface area contributed by atoms with Crippen molar-refractivity contribution in [2.24, 2.45) is 0 Å². The zero-order valence-electron chi connectivity index (χ0n) is 10.6. The number of rotatable bonds is 4. The molecule has 1 saturated carbocycles. The third-order valence-corrected chi connectivity index (χ3v) is 3.60. The summed E-state index contributed by atoms with van der Waals surface area (Å²) >= 11 is 0. The van der Waals surface area contributed by atoms with E-state index in [0.717, 1.165) is 25.7 Å². The first kappa shape index (κ1) is 12.8. The van der Waals surface area contributed by atoms with Crippen molar-refractivity contribution in [3.8, 4) is 0 Å². The van der Waals surface area contributed by atoms with Crippen molar-refractivity contribution >= 4 is 11.4 Å². The molecular weight excluding hydrogens is 230 g/mol. The molecule has 1 fully saturated rings. The first-order valence-corrected chi connectivity index (χ1v) is 6.38. The average Bonchev–Trinajstić information content (AvgIpc) is 2.40. The molecule has 0 aliphatic heterocycles. The maximum atomic E-state index is 10.9. The summed E-state index contributed by atoms with van der Waals surface area (Å²) in [5.41, 5.74) is 0.795. The van der Waals surface area contributed by atoms with Crippen LogP contribution in [0.3, 0.4) is 0 Å². The van der Waals surface area contributed by atoms with Crippen molar-refractivity contribution in [2.45, 2.75) is 37.8 Å². The lowest BCUT2D eigenvalue weighted by Crippen LogP contribution is -2.35. The van der Waals surface area contributed by atoms with Crippen LogP contribution in [-0.4, -0.2) is 24.1 Å². The van der Waals surface area contributed by atoms with Gasteiger partial charge in [-0.2, -0.15) is 0 Å². The Hall–Kier alpha value is -1.62. The van der Waals surface area contributed by atoms with Gasteiger partial charge in [0.2, 0.25) is 0 Å². The minimum absolute atomic E-state index is 0.160. The molecule has 1 aliphatic carbocycles. The second-order valence-electron chi connectivity index (χ2n) is 4.76. The normalized spacial score (nSPS) is 23.6. The predicted octanol–water partition coefficient (Wildman–Crippen LogP) is 2.54. The van der Waals surface area contributed by atoms with E-state index < -0.39 is 0 Å². The van der Waals surface area contributed by atoms with Gasteiger partial charge < -0.3 is 10.6 Å². The van der Waals surface area contributed by atoms with Crippen LogP contribution in [0.2, 0.25) is 0 Å². The second-order valence-corrected chi connectivity index (χ2v) is 4.76. The third kappa shape index (κ3) is 2.98. The molecule has 98 valence electrons. The summed E-state index contributed by atoms with van der Waals surface area (Å²) in [6.07, 6.45) is 4.35. The first-order chi connectivity index (χ1) is 8.70. The lowest BCUT2D eigenvalue weighted by atomic mass is 9.91. The Kier molecular flexibility index (Phi) is 4.15. The molecule has 1 aromatic rings. The van der Waals surface area contributed by atoms with E-state index in [0.29, 0.717) is 17.8 Å². The molecule has 5 heteroatoms. The average molecular weight is 249 g/mol. The molecule has 0 unspecified atom stereocenters. The summed E-state index contributed by atoms with van der Waals surface area (Å²) < 4.78 is 0. The Morgan fingerprint density at radius 2 is 1.78 bits per heavy atom. The molecule has 0 radical (unpaired) electrons. The van der Waals surface area contributed by atoms with E-state index in [1.807, 2.05) is 13.1 Å². The Bertz CT molecular complexity index is 414. The number of anilines is 1. The summed E-state index contributed by atoms with van der Waals surface area (Å²) in [6.45, 7) is 0. The van der Waals surface area contributed by atoms with Gasteiger partial charge >= 0.3 is 0 Å². The fourth-order valence-corrected chi connectivity index (χ4v) is 2.50. The van der Waals surface area contributed by atoms with E-state index >= 15 is 0 Å². The minimum Gasteiger partial charge on any atom is -0.377 e. The summed E-state index contributed by atoms with van der Waals surface area (Å²) in [4.78, 5) is 10.6. The fourth-order valence-electron chi connectivity index (χ4n) is 2.50. The lowest BCUT2D eigenvalue weighted by Gasteiger charge is -2.29. The smallest absolute Gasteiger partial charge is 0.292 e. The van der Waals surface area contributed by atoms with E-state index in [1.165, 1.54) is 0 Å². The first-order valence-electron chi connectivity index (χ1n) is 6.38. The molecular formula is C13H19N3O2. The summed E-state index contributed by atoms with van der Waals surface area (Å²) in [6, 6.07) is 7.78. The molecule has 0 amide bonds. The molecule has 1 aromatic carbocycles. The Morgan fingerprint density at radius 1 is 1.17 bits per heavy atom. The van der Waals surface area contributed by atoms with Gasteiger partial charge in [-0.3, -0.25) is 10.1 Å². The number of hydrogen-bond donors (Lipinski definition) is 2. The SMILES string of the molecule is CNC1CCC(Nc2ccccc2[N+](=O)[O-])CC1. The Balaban J connectivity index is 2.00. The number of para-hydroxylation sites is 2. The molecule has 0 saturated heterocycles. The van der Waals surface area contributed by atoms with Crippen LogP contribution in [0.1, 0.15) is 25.7 Å². The van der Waals surface area contributed by atoms with Gasteiger partial charge in [-0.25, -0.2) is 0 Å². The van der Waals surface area contributed by atoms with E-state index in [1.54, 1.807) is 18.2 Å². The van der Waals surface area contributed by atoms with Gasteiger partial charge in [0, 0.05) is 18.2 Å². The van der Waals surface area contributed by atoms with Crippen LogP contribution in [0, 0.1) is 10.1 Å². The maximum Gasteiger partial charge on any atom is 0.292 e. The van der Waals surface area contributed by atoms with Crippen LogP contribution in [0.25, 0.3) is 0 Å². The molecule has 0 bridgehead atoms. The molecule has 5 nitrogen and oxygen atoms in total. The van der Waals surface area contributed by atoms with Gasteiger partial charge in [0.25, 0.3) is 5.69 Å². The number of nitrogens with zero attached hydrogens (tertiary/aromatic N) is 1. The lowest BCUT2D eigenvalue weighted by molar-refractivity contribution is -0.384. The van der Waals surface area contributed by atoms with Gasteiger partial charge in [-0.05, 0) is 38.8 Å². The molecule has 0 heterocycles. The fraction of sp³-hybridized carbons (Fsp3) is 0.538. The molecule has 18 heavy (non-hydrogen) atoms. The van der Waals surface area contributed by atoms with E-state index in [-0.39, 0.29) is 10.6 Å². The van der Waals surface area contributed by atoms with E-state index in [4.69, 9.17) is 0 Å². The van der Waals surface area contributed by atoms with Gasteiger partial charge in [-0.1, -0.05) is 12.1 Å². The van der Waals surface area contributed by atoms with Crippen LogP contribution in [-0.2, 0) is 0 Å². The summed E-state index contributed by atoms with van der Waals surface area (Å²) in [7, 11) is 1.99. The van der Waals surface area contributed by atoms with Crippen molar-refractivity contribution in [2.75, 3.05) is 12.4 Å². The number of nitrogens with one attached hydrogen (secondary N) is 2. The molecule has 1 aliphatic rings. The second kappa shape index (κ2) is 5.82. The molecule has 2 rings (SSSR count). The highest BCUT2D eigenvalue weighted by atomic mass is 16.6. The van der Waals surface area contributed by atoms with Crippen LogP contribution in [0.4, 0.5) is 11.4 Å². The topological polar surface area (TPSA) is 67.2 Å². The van der Waals surface area contributed by atoms with Gasteiger partial charge in [0.1, 0.15) is 5.69 Å². The quantitative estimate of drug-likeness (QED) is 0.635. The molecule has 0 aromatic heterocycles. The number of nitro groups is 1. The molecule has 0 spiro atoms. The summed E-state index contributed by atoms with van der Waals surface area (Å²) in [5.74, 6) is 0. The van der Waals surface area contributed by atoms with Gasteiger partial charge in [0.15, 0.2) is 0 Å². The van der Waals surface area contributed by atoms with Crippen molar-refractivity contribution < 1.29 is 4.92 Å². The standard InChI is InChI=1S/C13H19N3O2/c1-14-10-6-8-11(9-7-10)15-12-4-2-3-5-13(12)16(17)18/h2-5,10-11,14-15H,6-9H2,1H3. The third-order valence-electron chi connectivity index (χ3n) is 3.60. The van der Waals surface area contributed by atoms with E-state index in [9.17, 15) is 10.1 Å².